The molecule has 2 fully saturated rings. The Balaban J connectivity index is 1.53. The topological polar surface area (TPSA) is 87.1 Å². The van der Waals surface area contributed by atoms with Crippen LogP contribution in [0.4, 0.5) is 10.3 Å². The average Bonchev–Trinajstić information content (AvgIpc) is 3.31. The standard InChI is InChI=1S/C22H27FN4O2/c1-12(15-5-4-14(10-17(15)23)22(3)7-8-22)26-21-24-9-6-18(27-21)19-16(13(2)28)11-25-20(19)29/h4-6,9-10,12-13,16,19,28H,7-8,11H2,1-3H3,(H,25,29)(H,24,26,27)/t12-,13+,16?,19+/m0/s1. The van der Waals surface area contributed by atoms with Gasteiger partial charge in [-0.15, -0.1) is 0 Å². The predicted octanol–water partition coefficient (Wildman–Crippen LogP) is 3.05. The van der Waals surface area contributed by atoms with Gasteiger partial charge in [-0.05, 0) is 49.8 Å². The number of anilines is 1. The number of nitrogens with one attached hydrogen (secondary N) is 2. The maximum absolute atomic E-state index is 14.7. The van der Waals surface area contributed by atoms with Gasteiger partial charge in [0.25, 0.3) is 0 Å². The van der Waals surface area contributed by atoms with Crippen molar-refractivity contribution in [2.75, 3.05) is 11.9 Å². The minimum atomic E-state index is -0.634. The van der Waals surface area contributed by atoms with Crippen molar-refractivity contribution >= 4 is 11.9 Å². The fraction of sp³-hybridized carbons (Fsp3) is 0.500. The highest BCUT2D eigenvalue weighted by Gasteiger charge is 2.40. The number of hydrogen-bond donors (Lipinski definition) is 3. The molecule has 1 saturated carbocycles. The normalized spacial score (nSPS) is 24.7. The summed E-state index contributed by atoms with van der Waals surface area (Å²) in [5, 5.41) is 15.9. The Morgan fingerprint density at radius 3 is 2.72 bits per heavy atom. The Morgan fingerprint density at radius 1 is 1.31 bits per heavy atom. The van der Waals surface area contributed by atoms with Crippen LogP contribution in [0.15, 0.2) is 30.5 Å². The van der Waals surface area contributed by atoms with Crippen molar-refractivity contribution < 1.29 is 14.3 Å². The van der Waals surface area contributed by atoms with Gasteiger partial charge in [0.05, 0.1) is 23.8 Å². The smallest absolute Gasteiger partial charge is 0.229 e. The molecule has 2 aliphatic rings. The molecule has 4 rings (SSSR count). The van der Waals surface area contributed by atoms with Crippen molar-refractivity contribution in [3.8, 4) is 0 Å². The molecule has 1 aliphatic heterocycles. The lowest BCUT2D eigenvalue weighted by Crippen LogP contribution is -2.25. The maximum atomic E-state index is 14.7. The maximum Gasteiger partial charge on any atom is 0.229 e. The fourth-order valence-electron chi connectivity index (χ4n) is 4.06. The first kappa shape index (κ1) is 19.8. The highest BCUT2D eigenvalue weighted by Crippen LogP contribution is 2.48. The van der Waals surface area contributed by atoms with E-state index in [4.69, 9.17) is 0 Å². The molecule has 1 aromatic heterocycles. The monoisotopic (exact) mass is 398 g/mol. The summed E-state index contributed by atoms with van der Waals surface area (Å²) in [5.41, 5.74) is 2.26. The van der Waals surface area contributed by atoms with Crippen LogP contribution in [0.2, 0.25) is 0 Å². The van der Waals surface area contributed by atoms with Crippen LogP contribution >= 0.6 is 0 Å². The molecule has 0 radical (unpaired) electrons. The third kappa shape index (κ3) is 3.83. The summed E-state index contributed by atoms with van der Waals surface area (Å²) in [5.74, 6) is -0.822. The number of aromatic nitrogens is 2. The van der Waals surface area contributed by atoms with Crippen molar-refractivity contribution in [1.29, 1.82) is 0 Å². The van der Waals surface area contributed by atoms with E-state index in [9.17, 15) is 14.3 Å². The quantitative estimate of drug-likeness (QED) is 0.696. The van der Waals surface area contributed by atoms with E-state index in [-0.39, 0.29) is 29.1 Å². The Hall–Kier alpha value is -2.54. The number of nitrogens with zero attached hydrogens (tertiary/aromatic N) is 2. The zero-order valence-corrected chi connectivity index (χ0v) is 16.9. The second-order valence-corrected chi connectivity index (χ2v) is 8.60. The molecule has 0 bridgehead atoms. The lowest BCUT2D eigenvalue weighted by molar-refractivity contribution is -0.121. The van der Waals surface area contributed by atoms with Crippen molar-refractivity contribution in [3.63, 3.8) is 0 Å². The largest absolute Gasteiger partial charge is 0.393 e. The summed E-state index contributed by atoms with van der Waals surface area (Å²) in [6.45, 7) is 6.10. The fourth-order valence-corrected chi connectivity index (χ4v) is 4.06. The van der Waals surface area contributed by atoms with Crippen molar-refractivity contribution in [3.05, 3.63) is 53.1 Å². The molecule has 1 aliphatic carbocycles. The molecular formula is C22H27FN4O2. The van der Waals surface area contributed by atoms with E-state index in [0.29, 0.717) is 23.8 Å². The molecule has 6 nitrogen and oxygen atoms in total. The van der Waals surface area contributed by atoms with Gasteiger partial charge in [-0.2, -0.15) is 0 Å². The second-order valence-electron chi connectivity index (χ2n) is 8.60. The van der Waals surface area contributed by atoms with E-state index in [1.54, 1.807) is 25.3 Å². The molecule has 0 spiro atoms. The van der Waals surface area contributed by atoms with Gasteiger partial charge in [0.1, 0.15) is 5.82 Å². The van der Waals surface area contributed by atoms with E-state index < -0.39 is 12.0 Å². The number of carbonyl (C=O) groups is 1. The van der Waals surface area contributed by atoms with E-state index in [2.05, 4.69) is 27.5 Å². The van der Waals surface area contributed by atoms with E-state index >= 15 is 0 Å². The third-order valence-corrected chi connectivity index (χ3v) is 6.35. The summed E-state index contributed by atoms with van der Waals surface area (Å²) in [4.78, 5) is 21.0. The number of benzene rings is 1. The molecule has 154 valence electrons. The zero-order chi connectivity index (χ0) is 20.8. The van der Waals surface area contributed by atoms with Gasteiger partial charge < -0.3 is 15.7 Å². The second kappa shape index (κ2) is 7.37. The zero-order valence-electron chi connectivity index (χ0n) is 16.9. The van der Waals surface area contributed by atoms with Crippen molar-refractivity contribution in [2.24, 2.45) is 5.92 Å². The van der Waals surface area contributed by atoms with Gasteiger partial charge >= 0.3 is 0 Å². The van der Waals surface area contributed by atoms with Crippen LogP contribution in [0.5, 0.6) is 0 Å². The van der Waals surface area contributed by atoms with Gasteiger partial charge in [-0.25, -0.2) is 14.4 Å². The first-order chi connectivity index (χ1) is 13.8. The van der Waals surface area contributed by atoms with Crippen LogP contribution < -0.4 is 10.6 Å². The molecule has 7 heteroatoms. The lowest BCUT2D eigenvalue weighted by Gasteiger charge is -2.20. The first-order valence-corrected chi connectivity index (χ1v) is 10.1. The number of halogens is 1. The highest BCUT2D eigenvalue weighted by molar-refractivity contribution is 5.85. The predicted molar refractivity (Wildman–Crippen MR) is 108 cm³/mol. The summed E-state index contributed by atoms with van der Waals surface area (Å²) >= 11 is 0. The van der Waals surface area contributed by atoms with Crippen LogP contribution in [0.25, 0.3) is 0 Å². The Kier molecular flexibility index (Phi) is 5.02. The Morgan fingerprint density at radius 2 is 2.07 bits per heavy atom. The molecule has 3 N–H and O–H groups in total. The van der Waals surface area contributed by atoms with Crippen molar-refractivity contribution in [2.45, 2.75) is 57.1 Å². The van der Waals surface area contributed by atoms with Crippen molar-refractivity contribution in [1.82, 2.24) is 15.3 Å². The van der Waals surface area contributed by atoms with Crippen LogP contribution in [-0.2, 0) is 10.2 Å². The summed E-state index contributed by atoms with van der Waals surface area (Å²) in [6.07, 6.45) is 3.14. The van der Waals surface area contributed by atoms with E-state index in [1.807, 2.05) is 19.1 Å². The minimum Gasteiger partial charge on any atom is -0.393 e. The number of aliphatic hydroxyl groups is 1. The Labute approximate surface area is 170 Å². The van der Waals surface area contributed by atoms with E-state index in [1.165, 1.54) is 0 Å². The number of hydrogen-bond acceptors (Lipinski definition) is 5. The number of aliphatic hydroxyl groups excluding tert-OH is 1. The van der Waals surface area contributed by atoms with Gasteiger partial charge in [0.15, 0.2) is 0 Å². The number of rotatable bonds is 6. The SMILES string of the molecule is C[C@H](Nc1nccc([C@@H]2C(=O)NCC2[C@@H](C)O)n1)c1ccc(C2(C)CC2)cc1F. The summed E-state index contributed by atoms with van der Waals surface area (Å²) < 4.78 is 14.7. The van der Waals surface area contributed by atoms with Crippen LogP contribution in [0.1, 0.15) is 62.4 Å². The van der Waals surface area contributed by atoms with Crippen LogP contribution in [-0.4, -0.2) is 33.6 Å². The molecule has 1 amide bonds. The molecule has 2 aromatic rings. The van der Waals surface area contributed by atoms with Gasteiger partial charge in [-0.1, -0.05) is 19.1 Å². The van der Waals surface area contributed by atoms with Gasteiger partial charge in [0, 0.05) is 24.2 Å². The average molecular weight is 398 g/mol. The minimum absolute atomic E-state index is 0.121. The van der Waals surface area contributed by atoms with E-state index in [0.717, 1.165) is 18.4 Å². The highest BCUT2D eigenvalue weighted by atomic mass is 19.1. The molecule has 1 saturated heterocycles. The van der Waals surface area contributed by atoms with Crippen LogP contribution in [0.3, 0.4) is 0 Å². The van der Waals surface area contributed by atoms with Crippen LogP contribution in [0, 0.1) is 11.7 Å². The summed E-state index contributed by atoms with van der Waals surface area (Å²) in [7, 11) is 0. The van der Waals surface area contributed by atoms with Gasteiger partial charge in [-0.3, -0.25) is 4.79 Å². The first-order valence-electron chi connectivity index (χ1n) is 10.1. The molecule has 29 heavy (non-hydrogen) atoms. The number of amides is 1. The molecule has 1 aromatic carbocycles. The molecule has 2 heterocycles. The lowest BCUT2D eigenvalue weighted by atomic mass is 9.88. The van der Waals surface area contributed by atoms with Gasteiger partial charge in [0.2, 0.25) is 11.9 Å². The molecule has 1 unspecified atom stereocenters. The molecular weight excluding hydrogens is 371 g/mol. The molecule has 4 atom stereocenters. The Bertz CT molecular complexity index is 929. The number of carbonyl (C=O) groups excluding carboxylic acids is 1. The third-order valence-electron chi connectivity index (χ3n) is 6.35. The summed E-state index contributed by atoms with van der Waals surface area (Å²) in [6, 6.07) is 6.80.